The molecule has 0 radical (unpaired) electrons. The molecule has 1 fully saturated rings. The van der Waals surface area contributed by atoms with Crippen LogP contribution in [0.4, 0.5) is 0 Å². The average Bonchev–Trinajstić information content (AvgIpc) is 3.15. The highest BCUT2D eigenvalue weighted by molar-refractivity contribution is 7.99. The standard InChI is InChI=1S/C25H31N3O3S/c1-18-9-3-4-10-19(18)26-24(29)17-28-21-12-6-5-11-20(21)27-25(28)32-16-15-31-23-14-8-7-13-22(23)30-2/h5-8,11-14,18-19H,3-4,9-10,15-17H2,1-2H3,(H,26,29). The van der Waals surface area contributed by atoms with Gasteiger partial charge in [-0.1, -0.05) is 55.8 Å². The number of fused-ring (bicyclic) bond motifs is 1. The molecule has 1 amide bonds. The number of imidazole rings is 1. The van der Waals surface area contributed by atoms with E-state index in [1.807, 2.05) is 53.1 Å². The average molecular weight is 454 g/mol. The lowest BCUT2D eigenvalue weighted by atomic mass is 9.86. The first-order chi connectivity index (χ1) is 15.7. The molecule has 1 heterocycles. The van der Waals surface area contributed by atoms with Crippen LogP contribution in [-0.2, 0) is 11.3 Å². The van der Waals surface area contributed by atoms with Gasteiger partial charge in [0.05, 0.1) is 24.8 Å². The van der Waals surface area contributed by atoms with E-state index in [9.17, 15) is 4.79 Å². The minimum absolute atomic E-state index is 0.0547. The number of benzene rings is 2. The Morgan fingerprint density at radius 2 is 1.88 bits per heavy atom. The minimum atomic E-state index is 0.0547. The summed E-state index contributed by atoms with van der Waals surface area (Å²) in [6.45, 7) is 3.03. The van der Waals surface area contributed by atoms with Crippen LogP contribution in [0.15, 0.2) is 53.7 Å². The number of methoxy groups -OCH3 is 1. The maximum atomic E-state index is 12.9. The van der Waals surface area contributed by atoms with Crippen molar-refractivity contribution in [1.29, 1.82) is 0 Å². The summed E-state index contributed by atoms with van der Waals surface area (Å²) >= 11 is 1.60. The van der Waals surface area contributed by atoms with Gasteiger partial charge < -0.3 is 19.4 Å². The van der Waals surface area contributed by atoms with Crippen LogP contribution in [-0.4, -0.2) is 41.0 Å². The summed E-state index contributed by atoms with van der Waals surface area (Å²) in [7, 11) is 1.64. The Balaban J connectivity index is 1.41. The number of carbonyl (C=O) groups is 1. The fourth-order valence-corrected chi connectivity index (χ4v) is 5.10. The van der Waals surface area contributed by atoms with Crippen molar-refractivity contribution in [2.75, 3.05) is 19.5 Å². The van der Waals surface area contributed by atoms with E-state index in [1.165, 1.54) is 19.3 Å². The molecule has 7 heteroatoms. The van der Waals surface area contributed by atoms with Crippen LogP contribution >= 0.6 is 11.8 Å². The Morgan fingerprint density at radius 1 is 1.12 bits per heavy atom. The third kappa shape index (κ3) is 5.38. The number of amides is 1. The summed E-state index contributed by atoms with van der Waals surface area (Å²) in [6, 6.07) is 15.9. The molecule has 3 aromatic rings. The summed E-state index contributed by atoms with van der Waals surface area (Å²) < 4.78 is 13.3. The lowest BCUT2D eigenvalue weighted by Crippen LogP contribution is -2.42. The van der Waals surface area contributed by atoms with E-state index in [4.69, 9.17) is 14.5 Å². The molecule has 0 aliphatic heterocycles. The smallest absolute Gasteiger partial charge is 0.240 e. The van der Waals surface area contributed by atoms with Gasteiger partial charge >= 0.3 is 0 Å². The molecular formula is C25H31N3O3S. The zero-order valence-electron chi connectivity index (χ0n) is 18.8. The second-order valence-electron chi connectivity index (χ2n) is 8.25. The Bertz CT molecular complexity index is 1050. The van der Waals surface area contributed by atoms with Crippen LogP contribution in [0.25, 0.3) is 11.0 Å². The largest absolute Gasteiger partial charge is 0.493 e. The number of carbonyl (C=O) groups excluding carboxylic acids is 1. The summed E-state index contributed by atoms with van der Waals surface area (Å²) in [5, 5.41) is 4.10. The van der Waals surface area contributed by atoms with Crippen LogP contribution in [0.2, 0.25) is 0 Å². The van der Waals surface area contributed by atoms with Crippen molar-refractivity contribution in [3.8, 4) is 11.5 Å². The Morgan fingerprint density at radius 3 is 2.69 bits per heavy atom. The summed E-state index contributed by atoms with van der Waals surface area (Å²) in [5.74, 6) is 2.75. The van der Waals surface area contributed by atoms with Gasteiger partial charge in [-0.2, -0.15) is 0 Å². The predicted molar refractivity (Wildman–Crippen MR) is 129 cm³/mol. The zero-order chi connectivity index (χ0) is 22.3. The van der Waals surface area contributed by atoms with Gasteiger partial charge in [-0.25, -0.2) is 4.98 Å². The lowest BCUT2D eigenvalue weighted by molar-refractivity contribution is -0.123. The molecule has 0 saturated heterocycles. The monoisotopic (exact) mass is 453 g/mol. The number of nitrogens with one attached hydrogen (secondary N) is 1. The first-order valence-electron chi connectivity index (χ1n) is 11.3. The van der Waals surface area contributed by atoms with Crippen molar-refractivity contribution < 1.29 is 14.3 Å². The van der Waals surface area contributed by atoms with Crippen LogP contribution < -0.4 is 14.8 Å². The highest BCUT2D eigenvalue weighted by Crippen LogP contribution is 2.28. The lowest BCUT2D eigenvalue weighted by Gasteiger charge is -2.29. The van der Waals surface area contributed by atoms with Crippen LogP contribution in [0.1, 0.15) is 32.6 Å². The fraction of sp³-hybridized carbons (Fsp3) is 0.440. The van der Waals surface area contributed by atoms with Gasteiger partial charge in [0.25, 0.3) is 0 Å². The molecular weight excluding hydrogens is 422 g/mol. The molecule has 32 heavy (non-hydrogen) atoms. The number of rotatable bonds is 9. The topological polar surface area (TPSA) is 65.4 Å². The van der Waals surface area contributed by atoms with Crippen molar-refractivity contribution in [2.45, 2.75) is 50.4 Å². The van der Waals surface area contributed by atoms with Gasteiger partial charge in [-0.3, -0.25) is 4.79 Å². The van der Waals surface area contributed by atoms with Crippen molar-refractivity contribution in [3.63, 3.8) is 0 Å². The molecule has 2 aromatic carbocycles. The second kappa shape index (κ2) is 10.8. The third-order valence-electron chi connectivity index (χ3n) is 6.02. The number of para-hydroxylation sites is 4. The van der Waals surface area contributed by atoms with Crippen molar-refractivity contribution >= 4 is 28.7 Å². The zero-order valence-corrected chi connectivity index (χ0v) is 19.6. The number of aromatic nitrogens is 2. The van der Waals surface area contributed by atoms with Crippen LogP contribution in [0.3, 0.4) is 0 Å². The van der Waals surface area contributed by atoms with Gasteiger partial charge in [0.15, 0.2) is 16.7 Å². The van der Waals surface area contributed by atoms with E-state index >= 15 is 0 Å². The maximum Gasteiger partial charge on any atom is 0.240 e. The first kappa shape index (κ1) is 22.5. The van der Waals surface area contributed by atoms with Crippen LogP contribution in [0.5, 0.6) is 11.5 Å². The van der Waals surface area contributed by atoms with Gasteiger partial charge in [0, 0.05) is 11.8 Å². The number of thioether (sulfide) groups is 1. The molecule has 0 spiro atoms. The van der Waals surface area contributed by atoms with Gasteiger partial charge in [-0.15, -0.1) is 0 Å². The van der Waals surface area contributed by atoms with Gasteiger partial charge in [0.1, 0.15) is 6.54 Å². The normalized spacial score (nSPS) is 18.4. The summed E-state index contributed by atoms with van der Waals surface area (Å²) in [4.78, 5) is 17.7. The van der Waals surface area contributed by atoms with E-state index < -0.39 is 0 Å². The van der Waals surface area contributed by atoms with Gasteiger partial charge in [0.2, 0.25) is 5.91 Å². The van der Waals surface area contributed by atoms with E-state index in [-0.39, 0.29) is 18.5 Å². The number of ether oxygens (including phenoxy) is 2. The highest BCUT2D eigenvalue weighted by atomic mass is 32.2. The van der Waals surface area contributed by atoms with Crippen LogP contribution in [0, 0.1) is 5.92 Å². The quantitative estimate of drug-likeness (QED) is 0.368. The molecule has 1 aliphatic rings. The van der Waals surface area contributed by atoms with E-state index in [1.54, 1.807) is 18.9 Å². The molecule has 2 atom stereocenters. The summed E-state index contributed by atoms with van der Waals surface area (Å²) in [6.07, 6.45) is 4.71. The van der Waals surface area contributed by atoms with E-state index in [0.717, 1.165) is 34.1 Å². The maximum absolute atomic E-state index is 12.9. The minimum Gasteiger partial charge on any atom is -0.493 e. The second-order valence-corrected chi connectivity index (χ2v) is 9.31. The Labute approximate surface area is 193 Å². The molecule has 6 nitrogen and oxygen atoms in total. The molecule has 1 aromatic heterocycles. The SMILES string of the molecule is COc1ccccc1OCCSc1nc2ccccc2n1CC(=O)NC1CCCCC1C. The molecule has 170 valence electrons. The molecule has 4 rings (SSSR count). The Kier molecular flexibility index (Phi) is 7.58. The predicted octanol–water partition coefficient (Wildman–Crippen LogP) is 4.91. The summed E-state index contributed by atoms with van der Waals surface area (Å²) in [5.41, 5.74) is 1.88. The number of hydrogen-bond acceptors (Lipinski definition) is 5. The molecule has 1 aliphatic carbocycles. The van der Waals surface area contributed by atoms with Crippen molar-refractivity contribution in [3.05, 3.63) is 48.5 Å². The number of hydrogen-bond donors (Lipinski definition) is 1. The Hall–Kier alpha value is -2.67. The number of nitrogens with zero attached hydrogens (tertiary/aromatic N) is 2. The van der Waals surface area contributed by atoms with Gasteiger partial charge in [-0.05, 0) is 43.0 Å². The fourth-order valence-electron chi connectivity index (χ4n) is 4.27. The molecule has 1 N–H and O–H groups in total. The first-order valence-corrected chi connectivity index (χ1v) is 12.3. The van der Waals surface area contributed by atoms with E-state index in [2.05, 4.69) is 12.2 Å². The molecule has 2 unspecified atom stereocenters. The van der Waals surface area contributed by atoms with E-state index in [0.29, 0.717) is 18.3 Å². The third-order valence-corrected chi connectivity index (χ3v) is 6.96. The molecule has 1 saturated carbocycles. The molecule has 0 bridgehead atoms. The van der Waals surface area contributed by atoms with Crippen molar-refractivity contribution in [2.24, 2.45) is 5.92 Å². The highest BCUT2D eigenvalue weighted by Gasteiger charge is 2.23. The van der Waals surface area contributed by atoms with Crippen molar-refractivity contribution in [1.82, 2.24) is 14.9 Å².